The Kier molecular flexibility index (Phi) is 5.49. The molecule has 0 saturated carbocycles. The lowest BCUT2D eigenvalue weighted by Gasteiger charge is -2.32. The fourth-order valence-corrected chi connectivity index (χ4v) is 2.61. The number of rotatable bonds is 5. The fraction of sp³-hybridized carbons (Fsp3) is 0.562. The van der Waals surface area contributed by atoms with Crippen LogP contribution in [0.5, 0.6) is 11.5 Å². The summed E-state index contributed by atoms with van der Waals surface area (Å²) in [7, 11) is 5.24. The molecular formula is C16H25N3O3. The normalized spacial score (nSPS) is 15.7. The van der Waals surface area contributed by atoms with Gasteiger partial charge in [-0.25, -0.2) is 0 Å². The second-order valence-corrected chi connectivity index (χ2v) is 5.59. The number of carbonyl (C=O) groups excluding carboxylic acids is 1. The number of carbonyl (C=O) groups is 1. The number of nitrogens with two attached hydrogens (primary N) is 1. The van der Waals surface area contributed by atoms with Gasteiger partial charge in [0.2, 0.25) is 5.91 Å². The summed E-state index contributed by atoms with van der Waals surface area (Å²) in [5, 5.41) is 0. The Bertz CT molecular complexity index is 526. The van der Waals surface area contributed by atoms with E-state index in [1.54, 1.807) is 20.3 Å². The Balaban J connectivity index is 1.97. The molecule has 1 aliphatic heterocycles. The third kappa shape index (κ3) is 3.82. The number of hydrogen-bond acceptors (Lipinski definition) is 5. The van der Waals surface area contributed by atoms with E-state index in [0.717, 1.165) is 31.7 Å². The molecule has 1 aliphatic rings. The van der Waals surface area contributed by atoms with E-state index in [1.165, 1.54) is 0 Å². The van der Waals surface area contributed by atoms with E-state index in [1.807, 2.05) is 11.0 Å². The monoisotopic (exact) mass is 307 g/mol. The van der Waals surface area contributed by atoms with Crippen LogP contribution < -0.4 is 15.2 Å². The molecule has 2 N–H and O–H groups in total. The van der Waals surface area contributed by atoms with Crippen molar-refractivity contribution in [2.45, 2.75) is 12.8 Å². The van der Waals surface area contributed by atoms with Gasteiger partial charge in [0.05, 0.1) is 14.2 Å². The predicted molar refractivity (Wildman–Crippen MR) is 86.4 cm³/mol. The van der Waals surface area contributed by atoms with Crippen molar-refractivity contribution in [1.82, 2.24) is 9.80 Å². The highest BCUT2D eigenvalue weighted by Crippen LogP contribution is 2.32. The van der Waals surface area contributed by atoms with Crippen LogP contribution in [0, 0.1) is 0 Å². The third-order valence-electron chi connectivity index (χ3n) is 4.11. The van der Waals surface area contributed by atoms with E-state index in [4.69, 9.17) is 15.2 Å². The van der Waals surface area contributed by atoms with Gasteiger partial charge < -0.3 is 25.0 Å². The number of amides is 1. The minimum Gasteiger partial charge on any atom is -0.493 e. The molecule has 1 aromatic carbocycles. The molecule has 0 spiro atoms. The molecule has 1 aromatic rings. The lowest BCUT2D eigenvalue weighted by Crippen LogP contribution is -2.47. The standard InChI is InChI=1S/C16H25N3O3/c1-18-6-8-19(9-7-18)16(20)5-4-12-10-14(21-2)15(22-3)11-13(12)17/h10-11H,4-9,17H2,1-3H3. The summed E-state index contributed by atoms with van der Waals surface area (Å²) >= 11 is 0. The number of methoxy groups -OCH3 is 2. The molecule has 1 saturated heterocycles. The van der Waals surface area contributed by atoms with E-state index in [9.17, 15) is 4.79 Å². The molecule has 2 rings (SSSR count). The number of aryl methyl sites for hydroxylation is 1. The minimum absolute atomic E-state index is 0.183. The summed E-state index contributed by atoms with van der Waals surface area (Å²) in [5.41, 5.74) is 7.58. The number of nitrogens with zero attached hydrogens (tertiary/aromatic N) is 2. The van der Waals surface area contributed by atoms with Crippen LogP contribution in [0.4, 0.5) is 5.69 Å². The lowest BCUT2D eigenvalue weighted by molar-refractivity contribution is -0.132. The van der Waals surface area contributed by atoms with Gasteiger partial charge in [-0.1, -0.05) is 0 Å². The van der Waals surface area contributed by atoms with Gasteiger partial charge in [0.1, 0.15) is 0 Å². The first-order chi connectivity index (χ1) is 10.5. The highest BCUT2D eigenvalue weighted by Gasteiger charge is 2.19. The molecule has 0 radical (unpaired) electrons. The fourth-order valence-electron chi connectivity index (χ4n) is 2.61. The van der Waals surface area contributed by atoms with Crippen molar-refractivity contribution in [3.8, 4) is 11.5 Å². The Morgan fingerprint density at radius 3 is 2.32 bits per heavy atom. The number of benzene rings is 1. The third-order valence-corrected chi connectivity index (χ3v) is 4.11. The maximum atomic E-state index is 12.3. The zero-order valence-electron chi connectivity index (χ0n) is 13.6. The van der Waals surface area contributed by atoms with Crippen LogP contribution >= 0.6 is 0 Å². The number of piperazine rings is 1. The molecule has 1 amide bonds. The zero-order valence-corrected chi connectivity index (χ0v) is 13.6. The second kappa shape index (κ2) is 7.35. The number of anilines is 1. The minimum atomic E-state index is 0.183. The summed E-state index contributed by atoms with van der Waals surface area (Å²) in [6, 6.07) is 3.60. The molecule has 22 heavy (non-hydrogen) atoms. The van der Waals surface area contributed by atoms with Crippen molar-refractivity contribution < 1.29 is 14.3 Å². The van der Waals surface area contributed by atoms with Gasteiger partial charge in [0.25, 0.3) is 0 Å². The largest absolute Gasteiger partial charge is 0.493 e. The van der Waals surface area contributed by atoms with E-state index in [0.29, 0.717) is 30.0 Å². The first-order valence-electron chi connectivity index (χ1n) is 7.52. The number of nitrogen functional groups attached to an aromatic ring is 1. The van der Waals surface area contributed by atoms with Gasteiger partial charge in [-0.05, 0) is 25.1 Å². The maximum absolute atomic E-state index is 12.3. The Labute approximate surface area is 131 Å². The number of hydrogen-bond donors (Lipinski definition) is 1. The average Bonchev–Trinajstić information content (AvgIpc) is 2.53. The van der Waals surface area contributed by atoms with Crippen LogP contribution in [0.15, 0.2) is 12.1 Å². The Morgan fingerprint density at radius 2 is 1.73 bits per heavy atom. The van der Waals surface area contributed by atoms with Gasteiger partial charge >= 0.3 is 0 Å². The van der Waals surface area contributed by atoms with Crippen LogP contribution in [0.2, 0.25) is 0 Å². The Morgan fingerprint density at radius 1 is 1.14 bits per heavy atom. The molecular weight excluding hydrogens is 282 g/mol. The molecule has 1 heterocycles. The first-order valence-corrected chi connectivity index (χ1v) is 7.52. The van der Waals surface area contributed by atoms with Crippen LogP contribution in [-0.4, -0.2) is 63.2 Å². The average molecular weight is 307 g/mol. The molecule has 6 heteroatoms. The molecule has 0 aliphatic carbocycles. The van der Waals surface area contributed by atoms with E-state index < -0.39 is 0 Å². The van der Waals surface area contributed by atoms with Crippen molar-refractivity contribution in [3.63, 3.8) is 0 Å². The van der Waals surface area contributed by atoms with Gasteiger partial charge in [-0.15, -0.1) is 0 Å². The quantitative estimate of drug-likeness (QED) is 0.822. The van der Waals surface area contributed by atoms with Gasteiger partial charge in [-0.2, -0.15) is 0 Å². The van der Waals surface area contributed by atoms with Crippen LogP contribution in [0.1, 0.15) is 12.0 Å². The van der Waals surface area contributed by atoms with Crippen molar-refractivity contribution in [2.24, 2.45) is 0 Å². The summed E-state index contributed by atoms with van der Waals surface area (Å²) in [6.45, 7) is 3.47. The molecule has 6 nitrogen and oxygen atoms in total. The Hall–Kier alpha value is -1.95. The number of likely N-dealkylation sites (N-methyl/N-ethyl adjacent to an activating group) is 1. The SMILES string of the molecule is COc1cc(N)c(CCC(=O)N2CCN(C)CC2)cc1OC. The highest BCUT2D eigenvalue weighted by molar-refractivity contribution is 5.77. The molecule has 0 atom stereocenters. The summed E-state index contributed by atoms with van der Waals surface area (Å²) in [6.07, 6.45) is 1.07. The molecule has 0 aromatic heterocycles. The van der Waals surface area contributed by atoms with E-state index in [2.05, 4.69) is 11.9 Å². The molecule has 122 valence electrons. The van der Waals surface area contributed by atoms with Crippen molar-refractivity contribution in [3.05, 3.63) is 17.7 Å². The van der Waals surface area contributed by atoms with Crippen LogP contribution in [-0.2, 0) is 11.2 Å². The zero-order chi connectivity index (χ0) is 16.1. The van der Waals surface area contributed by atoms with Crippen LogP contribution in [0.25, 0.3) is 0 Å². The van der Waals surface area contributed by atoms with Gasteiger partial charge in [0.15, 0.2) is 11.5 Å². The second-order valence-electron chi connectivity index (χ2n) is 5.59. The van der Waals surface area contributed by atoms with E-state index >= 15 is 0 Å². The van der Waals surface area contributed by atoms with E-state index in [-0.39, 0.29) is 5.91 Å². The molecule has 0 unspecified atom stereocenters. The topological polar surface area (TPSA) is 68.0 Å². The van der Waals surface area contributed by atoms with Crippen molar-refractivity contribution in [1.29, 1.82) is 0 Å². The van der Waals surface area contributed by atoms with Crippen LogP contribution in [0.3, 0.4) is 0 Å². The first kappa shape index (κ1) is 16.4. The molecule has 0 bridgehead atoms. The summed E-state index contributed by atoms with van der Waals surface area (Å²) in [4.78, 5) is 16.4. The maximum Gasteiger partial charge on any atom is 0.222 e. The van der Waals surface area contributed by atoms with Crippen molar-refractivity contribution >= 4 is 11.6 Å². The summed E-state index contributed by atoms with van der Waals surface area (Å²) in [5.74, 6) is 1.43. The highest BCUT2D eigenvalue weighted by atomic mass is 16.5. The summed E-state index contributed by atoms with van der Waals surface area (Å²) < 4.78 is 10.5. The smallest absolute Gasteiger partial charge is 0.222 e. The van der Waals surface area contributed by atoms with Crippen molar-refractivity contribution in [2.75, 3.05) is 53.2 Å². The predicted octanol–water partition coefficient (Wildman–Crippen LogP) is 0.993. The lowest BCUT2D eigenvalue weighted by atomic mass is 10.1. The van der Waals surface area contributed by atoms with Gasteiger partial charge in [-0.3, -0.25) is 4.79 Å². The molecule has 1 fully saturated rings. The van der Waals surface area contributed by atoms with Gasteiger partial charge in [0, 0.05) is 44.4 Å². The number of ether oxygens (including phenoxy) is 2.